The van der Waals surface area contributed by atoms with Crippen LogP contribution in [0.5, 0.6) is 0 Å². The second kappa shape index (κ2) is 6.09. The summed E-state index contributed by atoms with van der Waals surface area (Å²) >= 11 is 6.14. The molecule has 21 heavy (non-hydrogen) atoms. The third-order valence-corrected chi connectivity index (χ3v) is 4.94. The molecule has 0 amide bonds. The second-order valence-corrected chi connectivity index (χ2v) is 7.36. The van der Waals surface area contributed by atoms with Gasteiger partial charge in [-0.05, 0) is 38.0 Å². The Morgan fingerprint density at radius 1 is 1.19 bits per heavy atom. The minimum atomic E-state index is -0.647. The largest absolute Gasteiger partial charge is 0.388 e. The van der Waals surface area contributed by atoms with Crippen LogP contribution in [0.4, 0.5) is 5.82 Å². The first-order chi connectivity index (χ1) is 9.75. The lowest BCUT2D eigenvalue weighted by atomic mass is 9.71. The smallest absolute Gasteiger partial charge is 0.137 e. The van der Waals surface area contributed by atoms with Crippen molar-refractivity contribution in [1.82, 2.24) is 9.97 Å². The molecule has 1 aromatic rings. The lowest BCUT2D eigenvalue weighted by Gasteiger charge is -2.40. The standard InChI is InChI=1S/C16H26ClN3O/c1-5-12-19-13(17)11(2)14(20-12)18-10-16(21)8-6-15(3,4)7-9-16/h21H,5-10H2,1-4H3,(H,18,19,20). The first-order valence-electron chi connectivity index (χ1n) is 7.74. The van der Waals surface area contributed by atoms with E-state index in [1.807, 2.05) is 13.8 Å². The van der Waals surface area contributed by atoms with Gasteiger partial charge in [0.05, 0.1) is 5.60 Å². The van der Waals surface area contributed by atoms with E-state index in [1.165, 1.54) is 0 Å². The monoisotopic (exact) mass is 311 g/mol. The van der Waals surface area contributed by atoms with Crippen molar-refractivity contribution in [1.29, 1.82) is 0 Å². The number of nitrogens with zero attached hydrogens (tertiary/aromatic N) is 2. The Labute approximate surface area is 132 Å². The van der Waals surface area contributed by atoms with Gasteiger partial charge < -0.3 is 10.4 Å². The molecule has 1 aliphatic rings. The maximum absolute atomic E-state index is 10.7. The molecule has 0 unspecified atom stereocenters. The number of halogens is 1. The van der Waals surface area contributed by atoms with E-state index in [0.29, 0.717) is 17.1 Å². The molecule has 0 radical (unpaired) electrons. The molecule has 0 atom stereocenters. The van der Waals surface area contributed by atoms with E-state index in [2.05, 4.69) is 29.1 Å². The van der Waals surface area contributed by atoms with E-state index < -0.39 is 5.60 Å². The molecule has 1 aromatic heterocycles. The van der Waals surface area contributed by atoms with E-state index in [1.54, 1.807) is 0 Å². The lowest BCUT2D eigenvalue weighted by Crippen LogP contribution is -2.42. The van der Waals surface area contributed by atoms with E-state index in [4.69, 9.17) is 11.6 Å². The zero-order chi connectivity index (χ0) is 15.7. The number of nitrogens with one attached hydrogen (secondary N) is 1. The van der Waals surface area contributed by atoms with Crippen LogP contribution in [0.3, 0.4) is 0 Å². The van der Waals surface area contributed by atoms with Crippen molar-refractivity contribution in [3.05, 3.63) is 16.5 Å². The summed E-state index contributed by atoms with van der Waals surface area (Å²) in [5, 5.41) is 14.5. The third-order valence-electron chi connectivity index (χ3n) is 4.57. The Hall–Kier alpha value is -0.870. The van der Waals surface area contributed by atoms with Gasteiger partial charge in [0.1, 0.15) is 16.8 Å². The molecule has 0 aliphatic heterocycles. The maximum Gasteiger partial charge on any atom is 0.137 e. The molecule has 118 valence electrons. The maximum atomic E-state index is 10.7. The van der Waals surface area contributed by atoms with Gasteiger partial charge in [0, 0.05) is 18.5 Å². The average Bonchev–Trinajstić information content (AvgIpc) is 2.44. The molecule has 0 spiro atoms. The van der Waals surface area contributed by atoms with Gasteiger partial charge in [-0.2, -0.15) is 0 Å². The van der Waals surface area contributed by atoms with Crippen molar-refractivity contribution >= 4 is 17.4 Å². The summed E-state index contributed by atoms with van der Waals surface area (Å²) in [6.45, 7) is 8.95. The second-order valence-electron chi connectivity index (χ2n) is 7.00. The Balaban J connectivity index is 2.05. The number of hydrogen-bond donors (Lipinski definition) is 2. The summed E-state index contributed by atoms with van der Waals surface area (Å²) in [6.07, 6.45) is 4.49. The first-order valence-corrected chi connectivity index (χ1v) is 8.12. The highest BCUT2D eigenvalue weighted by atomic mass is 35.5. The van der Waals surface area contributed by atoms with Gasteiger partial charge in [-0.3, -0.25) is 0 Å². The highest BCUT2D eigenvalue weighted by Gasteiger charge is 2.36. The fourth-order valence-electron chi connectivity index (χ4n) is 2.68. The zero-order valence-electron chi connectivity index (χ0n) is 13.5. The average molecular weight is 312 g/mol. The number of rotatable bonds is 4. The van der Waals surface area contributed by atoms with Crippen molar-refractivity contribution in [2.45, 2.75) is 65.4 Å². The molecule has 0 bridgehead atoms. The SMILES string of the molecule is CCc1nc(Cl)c(C)c(NCC2(O)CCC(C)(C)CC2)n1. The summed E-state index contributed by atoms with van der Waals surface area (Å²) in [4.78, 5) is 8.71. The zero-order valence-corrected chi connectivity index (χ0v) is 14.2. The lowest BCUT2D eigenvalue weighted by molar-refractivity contribution is -0.0146. The first kappa shape index (κ1) is 16.5. The molecule has 0 aromatic carbocycles. The van der Waals surface area contributed by atoms with Crippen molar-refractivity contribution in [2.24, 2.45) is 5.41 Å². The highest BCUT2D eigenvalue weighted by molar-refractivity contribution is 6.30. The molecule has 4 nitrogen and oxygen atoms in total. The molecular formula is C16H26ClN3O. The third kappa shape index (κ3) is 4.07. The molecule has 1 heterocycles. The van der Waals surface area contributed by atoms with Gasteiger partial charge in [-0.15, -0.1) is 0 Å². The molecule has 1 saturated carbocycles. The predicted octanol–water partition coefficient (Wildman–Crippen LogP) is 3.74. The summed E-state index contributed by atoms with van der Waals surface area (Å²) in [5.74, 6) is 1.47. The quantitative estimate of drug-likeness (QED) is 0.832. The summed E-state index contributed by atoms with van der Waals surface area (Å²) < 4.78 is 0. The van der Waals surface area contributed by atoms with Crippen LogP contribution < -0.4 is 5.32 Å². The number of aryl methyl sites for hydroxylation is 1. The van der Waals surface area contributed by atoms with Crippen LogP contribution in [0.2, 0.25) is 5.15 Å². The van der Waals surface area contributed by atoms with Crippen LogP contribution in [0.1, 0.15) is 57.8 Å². The topological polar surface area (TPSA) is 58.0 Å². The molecular weight excluding hydrogens is 286 g/mol. The normalized spacial score (nSPS) is 20.3. The molecule has 2 N–H and O–H groups in total. The van der Waals surface area contributed by atoms with Crippen LogP contribution in [0, 0.1) is 12.3 Å². The van der Waals surface area contributed by atoms with Gasteiger partial charge >= 0.3 is 0 Å². The fraction of sp³-hybridized carbons (Fsp3) is 0.750. The number of aliphatic hydroxyl groups is 1. The van der Waals surface area contributed by atoms with E-state index >= 15 is 0 Å². The van der Waals surface area contributed by atoms with E-state index in [9.17, 15) is 5.11 Å². The van der Waals surface area contributed by atoms with Crippen molar-refractivity contribution in [3.63, 3.8) is 0 Å². The predicted molar refractivity (Wildman–Crippen MR) is 86.8 cm³/mol. The van der Waals surface area contributed by atoms with Gasteiger partial charge in [-0.1, -0.05) is 32.4 Å². The van der Waals surface area contributed by atoms with Gasteiger partial charge in [-0.25, -0.2) is 9.97 Å². The van der Waals surface area contributed by atoms with Crippen LogP contribution in [-0.2, 0) is 6.42 Å². The van der Waals surface area contributed by atoms with Crippen LogP contribution in [0.15, 0.2) is 0 Å². The Morgan fingerprint density at radius 2 is 1.81 bits per heavy atom. The number of hydrogen-bond acceptors (Lipinski definition) is 4. The fourth-order valence-corrected chi connectivity index (χ4v) is 2.87. The van der Waals surface area contributed by atoms with Gasteiger partial charge in [0.25, 0.3) is 0 Å². The molecule has 1 fully saturated rings. The summed E-state index contributed by atoms with van der Waals surface area (Å²) in [5.41, 5.74) is 0.537. The number of anilines is 1. The van der Waals surface area contributed by atoms with Crippen LogP contribution in [-0.4, -0.2) is 27.2 Å². The van der Waals surface area contributed by atoms with Crippen LogP contribution in [0.25, 0.3) is 0 Å². The Kier molecular flexibility index (Phi) is 4.79. The molecule has 2 rings (SSSR count). The molecule has 0 saturated heterocycles. The van der Waals surface area contributed by atoms with Gasteiger partial charge in [0.15, 0.2) is 0 Å². The van der Waals surface area contributed by atoms with Crippen molar-refractivity contribution in [2.75, 3.05) is 11.9 Å². The Morgan fingerprint density at radius 3 is 2.38 bits per heavy atom. The highest BCUT2D eigenvalue weighted by Crippen LogP contribution is 2.40. The van der Waals surface area contributed by atoms with E-state index in [0.717, 1.165) is 49.3 Å². The minimum absolute atomic E-state index is 0.343. The van der Waals surface area contributed by atoms with Crippen molar-refractivity contribution < 1.29 is 5.11 Å². The Bertz CT molecular complexity index is 506. The summed E-state index contributed by atoms with van der Waals surface area (Å²) in [6, 6.07) is 0. The molecule has 5 heteroatoms. The minimum Gasteiger partial charge on any atom is -0.388 e. The van der Waals surface area contributed by atoms with Crippen LogP contribution >= 0.6 is 11.6 Å². The summed E-state index contributed by atoms with van der Waals surface area (Å²) in [7, 11) is 0. The van der Waals surface area contributed by atoms with Crippen molar-refractivity contribution in [3.8, 4) is 0 Å². The molecule has 1 aliphatic carbocycles. The van der Waals surface area contributed by atoms with Gasteiger partial charge in [0.2, 0.25) is 0 Å². The number of aromatic nitrogens is 2. The van der Waals surface area contributed by atoms with E-state index in [-0.39, 0.29) is 0 Å².